The summed E-state index contributed by atoms with van der Waals surface area (Å²) in [4.78, 5) is 10.7. The number of halogens is 1. The molecule has 0 aliphatic carbocycles. The largest absolute Gasteiger partial charge is 0.476 e. The van der Waals surface area contributed by atoms with Gasteiger partial charge in [-0.15, -0.1) is 10.2 Å². The zero-order valence-electron chi connectivity index (χ0n) is 7.10. The van der Waals surface area contributed by atoms with Crippen LogP contribution in [0.15, 0.2) is 6.07 Å². The van der Waals surface area contributed by atoms with Gasteiger partial charge < -0.3 is 5.11 Å². The van der Waals surface area contributed by atoms with Crippen molar-refractivity contribution in [3.8, 4) is 0 Å². The highest BCUT2D eigenvalue weighted by molar-refractivity contribution is 6.33. The van der Waals surface area contributed by atoms with Crippen LogP contribution in [-0.4, -0.2) is 30.9 Å². The molecule has 7 heteroatoms. The number of carbonyl (C=O) groups is 1. The van der Waals surface area contributed by atoms with Gasteiger partial charge in [0.2, 0.25) is 0 Å². The second-order valence-electron chi connectivity index (χ2n) is 2.67. The van der Waals surface area contributed by atoms with Crippen LogP contribution in [0.3, 0.4) is 0 Å². The van der Waals surface area contributed by atoms with E-state index in [1.165, 1.54) is 10.6 Å². The quantitative estimate of drug-likeness (QED) is 0.756. The van der Waals surface area contributed by atoms with Gasteiger partial charge in [-0.3, -0.25) is 0 Å². The summed E-state index contributed by atoms with van der Waals surface area (Å²) in [6.45, 7) is 1.66. The number of aromatic carboxylic acids is 1. The Bertz CT molecular complexity index is 522. The van der Waals surface area contributed by atoms with E-state index in [1.54, 1.807) is 6.92 Å². The normalized spacial score (nSPS) is 10.7. The van der Waals surface area contributed by atoms with Crippen LogP contribution in [0, 0.1) is 6.92 Å². The van der Waals surface area contributed by atoms with Gasteiger partial charge in [0.1, 0.15) is 0 Å². The molecule has 72 valence electrons. The molecule has 2 aromatic rings. The van der Waals surface area contributed by atoms with E-state index in [1.807, 2.05) is 0 Å². The minimum atomic E-state index is -1.14. The second kappa shape index (κ2) is 2.91. The Morgan fingerprint density at radius 3 is 2.93 bits per heavy atom. The summed E-state index contributed by atoms with van der Waals surface area (Å²) in [5, 5.41) is 20.2. The standard InChI is InChI=1S/C7H5ClN4O2/c1-3-9-10-6-4(8)2-5(7(13)14)11-12(3)6/h2H,1H3,(H,13,14). The van der Waals surface area contributed by atoms with Crippen LogP contribution in [0.1, 0.15) is 16.3 Å². The Labute approximate surface area is 83.1 Å². The number of aryl methyl sites for hydroxylation is 1. The number of rotatable bonds is 1. The maximum atomic E-state index is 10.7. The molecule has 0 fully saturated rings. The molecule has 2 heterocycles. The summed E-state index contributed by atoms with van der Waals surface area (Å²) in [6, 6.07) is 1.24. The van der Waals surface area contributed by atoms with Crippen molar-refractivity contribution >= 4 is 23.2 Å². The first-order chi connectivity index (χ1) is 6.59. The fraction of sp³-hybridized carbons (Fsp3) is 0.143. The molecule has 0 amide bonds. The second-order valence-corrected chi connectivity index (χ2v) is 3.07. The smallest absolute Gasteiger partial charge is 0.356 e. The predicted octanol–water partition coefficient (Wildman–Crippen LogP) is 0.784. The molecule has 2 aromatic heterocycles. The summed E-state index contributed by atoms with van der Waals surface area (Å²) in [5.41, 5.74) is 0.222. The van der Waals surface area contributed by atoms with Crippen LogP contribution in [0.4, 0.5) is 0 Å². The number of hydrogen-bond donors (Lipinski definition) is 1. The molecular weight excluding hydrogens is 208 g/mol. The molecule has 0 saturated heterocycles. The average molecular weight is 213 g/mol. The first-order valence-electron chi connectivity index (χ1n) is 3.71. The van der Waals surface area contributed by atoms with Crippen LogP contribution in [0.25, 0.3) is 5.65 Å². The third-order valence-electron chi connectivity index (χ3n) is 1.70. The molecule has 0 saturated carbocycles. The van der Waals surface area contributed by atoms with Crippen molar-refractivity contribution in [2.45, 2.75) is 6.92 Å². The van der Waals surface area contributed by atoms with Gasteiger partial charge >= 0.3 is 5.97 Å². The fourth-order valence-electron chi connectivity index (χ4n) is 1.05. The van der Waals surface area contributed by atoms with E-state index in [0.717, 1.165) is 0 Å². The summed E-state index contributed by atoms with van der Waals surface area (Å²) >= 11 is 5.79. The molecule has 0 unspecified atom stereocenters. The molecule has 2 rings (SSSR count). The van der Waals surface area contributed by atoms with Crippen LogP contribution in [0.2, 0.25) is 5.02 Å². The van der Waals surface area contributed by atoms with Crippen LogP contribution in [-0.2, 0) is 0 Å². The van der Waals surface area contributed by atoms with E-state index < -0.39 is 5.97 Å². The average Bonchev–Trinajstić information content (AvgIpc) is 2.48. The molecular formula is C7H5ClN4O2. The molecule has 1 N–H and O–H groups in total. The molecule has 0 bridgehead atoms. The van der Waals surface area contributed by atoms with Crippen LogP contribution in [0.5, 0.6) is 0 Å². The van der Waals surface area contributed by atoms with Crippen LogP contribution < -0.4 is 0 Å². The lowest BCUT2D eigenvalue weighted by Gasteiger charge is -1.98. The number of hydrogen-bond acceptors (Lipinski definition) is 4. The van der Waals surface area contributed by atoms with Gasteiger partial charge in [-0.1, -0.05) is 11.6 Å². The lowest BCUT2D eigenvalue weighted by atomic mass is 10.4. The van der Waals surface area contributed by atoms with Gasteiger partial charge in [0.15, 0.2) is 17.2 Å². The zero-order valence-corrected chi connectivity index (χ0v) is 7.86. The minimum absolute atomic E-state index is 0.134. The summed E-state index contributed by atoms with van der Waals surface area (Å²) < 4.78 is 1.30. The molecule has 14 heavy (non-hydrogen) atoms. The van der Waals surface area contributed by atoms with Crippen molar-refractivity contribution in [3.63, 3.8) is 0 Å². The van der Waals surface area contributed by atoms with Gasteiger partial charge in [0.05, 0.1) is 5.02 Å². The fourth-order valence-corrected chi connectivity index (χ4v) is 1.27. The number of nitrogens with zero attached hydrogens (tertiary/aromatic N) is 4. The van der Waals surface area contributed by atoms with Crippen molar-refractivity contribution in [2.24, 2.45) is 0 Å². The molecule has 0 spiro atoms. The Kier molecular flexibility index (Phi) is 1.85. The number of carboxylic acid groups (broad SMARTS) is 1. The van der Waals surface area contributed by atoms with E-state index in [-0.39, 0.29) is 10.7 Å². The topological polar surface area (TPSA) is 80.4 Å². The van der Waals surface area contributed by atoms with E-state index >= 15 is 0 Å². The van der Waals surface area contributed by atoms with Gasteiger partial charge in [0.25, 0.3) is 0 Å². The molecule has 0 aliphatic heterocycles. The van der Waals surface area contributed by atoms with Gasteiger partial charge in [-0.05, 0) is 13.0 Å². The molecule has 0 aliphatic rings. The Hall–Kier alpha value is -1.69. The number of carboxylic acids is 1. The third-order valence-corrected chi connectivity index (χ3v) is 1.98. The summed E-state index contributed by atoms with van der Waals surface area (Å²) in [5.74, 6) is -0.646. The minimum Gasteiger partial charge on any atom is -0.476 e. The molecule has 0 radical (unpaired) electrons. The highest BCUT2D eigenvalue weighted by atomic mass is 35.5. The monoisotopic (exact) mass is 212 g/mol. The molecule has 6 nitrogen and oxygen atoms in total. The summed E-state index contributed by atoms with van der Waals surface area (Å²) in [7, 11) is 0. The van der Waals surface area contributed by atoms with Gasteiger partial charge in [0, 0.05) is 0 Å². The van der Waals surface area contributed by atoms with Crippen molar-refractivity contribution in [3.05, 3.63) is 22.6 Å². The highest BCUT2D eigenvalue weighted by Gasteiger charge is 2.12. The van der Waals surface area contributed by atoms with Crippen molar-refractivity contribution < 1.29 is 9.90 Å². The van der Waals surface area contributed by atoms with Crippen molar-refractivity contribution in [1.29, 1.82) is 0 Å². The van der Waals surface area contributed by atoms with Crippen molar-refractivity contribution in [1.82, 2.24) is 19.8 Å². The zero-order chi connectivity index (χ0) is 10.3. The Morgan fingerprint density at radius 1 is 1.57 bits per heavy atom. The third kappa shape index (κ3) is 1.20. The lowest BCUT2D eigenvalue weighted by Crippen LogP contribution is -2.06. The van der Waals surface area contributed by atoms with E-state index in [2.05, 4.69) is 15.3 Å². The first kappa shape index (κ1) is 8.89. The van der Waals surface area contributed by atoms with Crippen LogP contribution >= 0.6 is 11.6 Å². The summed E-state index contributed by atoms with van der Waals surface area (Å²) in [6.07, 6.45) is 0. The van der Waals surface area contributed by atoms with Gasteiger partial charge in [-0.2, -0.15) is 9.61 Å². The number of fused-ring (bicyclic) bond motifs is 1. The SMILES string of the molecule is Cc1nnc2c(Cl)cc(C(=O)O)nn12. The molecule has 0 atom stereocenters. The van der Waals surface area contributed by atoms with E-state index in [9.17, 15) is 4.79 Å². The highest BCUT2D eigenvalue weighted by Crippen LogP contribution is 2.15. The lowest BCUT2D eigenvalue weighted by molar-refractivity contribution is 0.0689. The Balaban J connectivity index is 2.82. The predicted molar refractivity (Wildman–Crippen MR) is 47.5 cm³/mol. The van der Waals surface area contributed by atoms with E-state index in [4.69, 9.17) is 16.7 Å². The maximum Gasteiger partial charge on any atom is 0.356 e. The van der Waals surface area contributed by atoms with E-state index in [0.29, 0.717) is 11.5 Å². The van der Waals surface area contributed by atoms with Gasteiger partial charge in [-0.25, -0.2) is 4.79 Å². The maximum absolute atomic E-state index is 10.7. The first-order valence-corrected chi connectivity index (χ1v) is 4.09. The molecule has 0 aromatic carbocycles. The van der Waals surface area contributed by atoms with Crippen molar-refractivity contribution in [2.75, 3.05) is 0 Å². The number of aromatic nitrogens is 4. The Morgan fingerprint density at radius 2 is 2.29 bits per heavy atom.